The predicted octanol–water partition coefficient (Wildman–Crippen LogP) is 1.74. The number of carbonyl (C=O) groups excluding carboxylic acids is 1. The van der Waals surface area contributed by atoms with Crippen molar-refractivity contribution in [2.45, 2.75) is 32.9 Å². The number of hydrogen-bond donors (Lipinski definition) is 2. The summed E-state index contributed by atoms with van der Waals surface area (Å²) in [5, 5.41) is 2.93. The fourth-order valence-electron chi connectivity index (χ4n) is 2.90. The van der Waals surface area contributed by atoms with Crippen LogP contribution in [0.5, 0.6) is 0 Å². The normalized spacial score (nSPS) is 18.5. The van der Waals surface area contributed by atoms with E-state index in [4.69, 9.17) is 5.73 Å². The van der Waals surface area contributed by atoms with Gasteiger partial charge in [-0.2, -0.15) is 0 Å². The van der Waals surface area contributed by atoms with Crippen LogP contribution in [0.3, 0.4) is 0 Å². The lowest BCUT2D eigenvalue weighted by Crippen LogP contribution is -2.46. The van der Waals surface area contributed by atoms with Crippen molar-refractivity contribution in [3.63, 3.8) is 0 Å². The summed E-state index contributed by atoms with van der Waals surface area (Å²) in [7, 11) is 2.10. The second-order valence-electron chi connectivity index (χ2n) is 6.99. The van der Waals surface area contributed by atoms with Gasteiger partial charge in [-0.15, -0.1) is 0 Å². The lowest BCUT2D eigenvalue weighted by molar-refractivity contribution is -0.123. The Morgan fingerprint density at radius 2 is 1.83 bits per heavy atom. The smallest absolute Gasteiger partial charge is 0.237 e. The number of halogens is 1. The number of carbonyl (C=O) groups is 1. The molecule has 1 aromatic rings. The van der Waals surface area contributed by atoms with E-state index in [1.54, 1.807) is 6.07 Å². The zero-order chi connectivity index (χ0) is 17.9. The van der Waals surface area contributed by atoms with Gasteiger partial charge in [-0.1, -0.05) is 13.8 Å². The van der Waals surface area contributed by atoms with E-state index in [2.05, 4.69) is 22.2 Å². The van der Waals surface area contributed by atoms with Crippen LogP contribution >= 0.6 is 0 Å². The number of nitrogens with two attached hydrogens (primary N) is 1. The summed E-state index contributed by atoms with van der Waals surface area (Å²) in [6.07, 6.45) is 0. The summed E-state index contributed by atoms with van der Waals surface area (Å²) < 4.78 is 13.8. The van der Waals surface area contributed by atoms with Gasteiger partial charge in [-0.05, 0) is 38.1 Å². The third-order valence-corrected chi connectivity index (χ3v) is 4.68. The molecule has 1 aliphatic heterocycles. The number of rotatable bonds is 5. The SMILES string of the molecule is CC(NC(=O)C(N)C(C)C)c1cc(F)ccc1N1CCN(C)CC1. The number of hydrogen-bond acceptors (Lipinski definition) is 4. The number of likely N-dealkylation sites (N-methyl/N-ethyl adjacent to an activating group) is 1. The average molecular weight is 336 g/mol. The number of nitrogens with one attached hydrogen (secondary N) is 1. The minimum Gasteiger partial charge on any atom is -0.369 e. The molecular weight excluding hydrogens is 307 g/mol. The van der Waals surface area contributed by atoms with Crippen molar-refractivity contribution in [3.8, 4) is 0 Å². The average Bonchev–Trinajstić information content (AvgIpc) is 2.54. The van der Waals surface area contributed by atoms with E-state index in [0.29, 0.717) is 0 Å². The minimum absolute atomic E-state index is 0.0572. The van der Waals surface area contributed by atoms with Gasteiger partial charge >= 0.3 is 0 Å². The number of benzene rings is 1. The molecule has 2 rings (SSSR count). The highest BCUT2D eigenvalue weighted by Gasteiger charge is 2.23. The van der Waals surface area contributed by atoms with Crippen molar-refractivity contribution in [1.82, 2.24) is 10.2 Å². The number of piperazine rings is 1. The van der Waals surface area contributed by atoms with Gasteiger partial charge in [-0.3, -0.25) is 4.79 Å². The first-order valence-electron chi connectivity index (χ1n) is 8.58. The molecule has 0 bridgehead atoms. The first-order chi connectivity index (χ1) is 11.3. The maximum absolute atomic E-state index is 13.8. The Kier molecular flexibility index (Phi) is 6.18. The fraction of sp³-hybridized carbons (Fsp3) is 0.611. The Hall–Kier alpha value is -1.66. The molecule has 134 valence electrons. The zero-order valence-corrected chi connectivity index (χ0v) is 15.1. The number of amides is 1. The molecule has 1 saturated heterocycles. The van der Waals surface area contributed by atoms with Crippen molar-refractivity contribution in [1.29, 1.82) is 0 Å². The largest absolute Gasteiger partial charge is 0.369 e. The lowest BCUT2D eigenvalue weighted by Gasteiger charge is -2.36. The van der Waals surface area contributed by atoms with E-state index in [9.17, 15) is 9.18 Å². The van der Waals surface area contributed by atoms with Gasteiger partial charge in [0.15, 0.2) is 0 Å². The second-order valence-corrected chi connectivity index (χ2v) is 6.99. The standard InChI is InChI=1S/C18H29FN4O/c1-12(2)17(20)18(24)21-13(3)15-11-14(19)5-6-16(15)23-9-7-22(4)8-10-23/h5-6,11-13,17H,7-10,20H2,1-4H3,(H,21,24). The van der Waals surface area contributed by atoms with Crippen molar-refractivity contribution in [2.75, 3.05) is 38.1 Å². The van der Waals surface area contributed by atoms with Gasteiger partial charge in [0, 0.05) is 37.4 Å². The van der Waals surface area contributed by atoms with Crippen LogP contribution < -0.4 is 16.0 Å². The van der Waals surface area contributed by atoms with Gasteiger partial charge in [0.25, 0.3) is 0 Å². The third-order valence-electron chi connectivity index (χ3n) is 4.68. The monoisotopic (exact) mass is 336 g/mol. The van der Waals surface area contributed by atoms with Crippen molar-refractivity contribution >= 4 is 11.6 Å². The summed E-state index contributed by atoms with van der Waals surface area (Å²) in [5.41, 5.74) is 7.69. The van der Waals surface area contributed by atoms with E-state index >= 15 is 0 Å². The van der Waals surface area contributed by atoms with E-state index in [1.807, 2.05) is 20.8 Å². The van der Waals surface area contributed by atoms with Crippen LogP contribution in [-0.4, -0.2) is 50.1 Å². The van der Waals surface area contributed by atoms with Crippen molar-refractivity contribution in [2.24, 2.45) is 11.7 Å². The van der Waals surface area contributed by atoms with E-state index < -0.39 is 6.04 Å². The van der Waals surface area contributed by atoms with Crippen LogP contribution in [0.25, 0.3) is 0 Å². The van der Waals surface area contributed by atoms with Gasteiger partial charge in [0.2, 0.25) is 5.91 Å². The summed E-state index contributed by atoms with van der Waals surface area (Å²) >= 11 is 0. The molecule has 0 radical (unpaired) electrons. The minimum atomic E-state index is -0.562. The van der Waals surface area contributed by atoms with E-state index in [0.717, 1.165) is 37.4 Å². The quantitative estimate of drug-likeness (QED) is 0.860. The maximum atomic E-state index is 13.8. The lowest BCUT2D eigenvalue weighted by atomic mass is 10.0. The molecule has 0 saturated carbocycles. The van der Waals surface area contributed by atoms with Crippen molar-refractivity contribution < 1.29 is 9.18 Å². The van der Waals surface area contributed by atoms with Gasteiger partial charge in [-0.25, -0.2) is 4.39 Å². The van der Waals surface area contributed by atoms with E-state index in [1.165, 1.54) is 12.1 Å². The Labute approximate surface area is 144 Å². The molecule has 0 aromatic heterocycles. The molecular formula is C18H29FN4O. The molecule has 0 aliphatic carbocycles. The summed E-state index contributed by atoms with van der Waals surface area (Å²) in [5.74, 6) is -0.440. The van der Waals surface area contributed by atoms with Crippen LogP contribution in [0, 0.1) is 11.7 Å². The predicted molar refractivity (Wildman–Crippen MR) is 95.5 cm³/mol. The topological polar surface area (TPSA) is 61.6 Å². The Balaban J connectivity index is 2.19. The first kappa shape index (κ1) is 18.7. The van der Waals surface area contributed by atoms with Crippen LogP contribution in [0.4, 0.5) is 10.1 Å². The summed E-state index contributed by atoms with van der Waals surface area (Å²) in [6.45, 7) is 9.41. The van der Waals surface area contributed by atoms with Crippen molar-refractivity contribution in [3.05, 3.63) is 29.6 Å². The first-order valence-corrected chi connectivity index (χ1v) is 8.58. The molecule has 2 atom stereocenters. The highest BCUT2D eigenvalue weighted by molar-refractivity contribution is 5.82. The Morgan fingerprint density at radius 3 is 2.42 bits per heavy atom. The van der Waals surface area contributed by atoms with Gasteiger partial charge in [0.1, 0.15) is 5.82 Å². The number of nitrogens with zero attached hydrogens (tertiary/aromatic N) is 2. The molecule has 1 fully saturated rings. The molecule has 0 spiro atoms. The van der Waals surface area contributed by atoms with Crippen LogP contribution in [-0.2, 0) is 4.79 Å². The molecule has 1 amide bonds. The van der Waals surface area contributed by atoms with Crippen LogP contribution in [0.2, 0.25) is 0 Å². The third kappa shape index (κ3) is 4.45. The summed E-state index contributed by atoms with van der Waals surface area (Å²) in [4.78, 5) is 16.8. The number of anilines is 1. The molecule has 1 aliphatic rings. The molecule has 2 unspecified atom stereocenters. The highest BCUT2D eigenvalue weighted by Crippen LogP contribution is 2.28. The fourth-order valence-corrected chi connectivity index (χ4v) is 2.90. The van der Waals surface area contributed by atoms with Crippen LogP contribution in [0.1, 0.15) is 32.4 Å². The molecule has 5 nitrogen and oxygen atoms in total. The highest BCUT2D eigenvalue weighted by atomic mass is 19.1. The molecule has 1 heterocycles. The summed E-state index contributed by atoms with van der Waals surface area (Å²) in [6, 6.07) is 3.94. The zero-order valence-electron chi connectivity index (χ0n) is 15.1. The van der Waals surface area contributed by atoms with Gasteiger partial charge in [0.05, 0.1) is 12.1 Å². The van der Waals surface area contributed by atoms with Gasteiger partial charge < -0.3 is 20.9 Å². The maximum Gasteiger partial charge on any atom is 0.237 e. The second kappa shape index (κ2) is 7.94. The Bertz CT molecular complexity index is 570. The van der Waals surface area contributed by atoms with E-state index in [-0.39, 0.29) is 23.7 Å². The molecule has 6 heteroatoms. The Morgan fingerprint density at radius 1 is 1.21 bits per heavy atom. The molecule has 24 heavy (non-hydrogen) atoms. The molecule has 3 N–H and O–H groups in total. The van der Waals surface area contributed by atoms with Crippen LogP contribution in [0.15, 0.2) is 18.2 Å². The molecule has 1 aromatic carbocycles.